The van der Waals surface area contributed by atoms with Crippen molar-refractivity contribution >= 4 is 29.1 Å². The van der Waals surface area contributed by atoms with Gasteiger partial charge in [0.25, 0.3) is 0 Å². The zero-order valence-corrected chi connectivity index (χ0v) is 14.8. The molecule has 0 aliphatic carbocycles. The maximum atomic E-state index is 12.6. The van der Waals surface area contributed by atoms with Crippen LogP contribution in [0.2, 0.25) is 5.02 Å². The Labute approximate surface area is 147 Å². The standard InChI is InChI=1S/C19H21ClN2O2/c1-13(2)22(12-15-7-5-4-6-8-15)19(24)18(23)21-17-10-9-16(20)11-14(17)3/h4-11,13H,12H2,1-3H3,(H,21,23). The SMILES string of the molecule is Cc1cc(Cl)ccc1NC(=O)C(=O)N(Cc1ccccc1)C(C)C. The van der Waals surface area contributed by atoms with Gasteiger partial charge in [-0.1, -0.05) is 41.9 Å². The highest BCUT2D eigenvalue weighted by molar-refractivity contribution is 6.39. The van der Waals surface area contributed by atoms with Crippen LogP contribution in [0.25, 0.3) is 0 Å². The van der Waals surface area contributed by atoms with E-state index in [-0.39, 0.29) is 6.04 Å². The Hall–Kier alpha value is -2.33. The molecule has 0 spiro atoms. The molecule has 0 fully saturated rings. The fourth-order valence-corrected chi connectivity index (χ4v) is 2.57. The Bertz CT molecular complexity index is 729. The summed E-state index contributed by atoms with van der Waals surface area (Å²) in [5.41, 5.74) is 2.37. The average molecular weight is 345 g/mol. The number of carbonyl (C=O) groups excluding carboxylic acids is 2. The minimum absolute atomic E-state index is 0.0882. The fourth-order valence-electron chi connectivity index (χ4n) is 2.34. The van der Waals surface area contributed by atoms with E-state index in [2.05, 4.69) is 5.32 Å². The first-order chi connectivity index (χ1) is 11.4. The van der Waals surface area contributed by atoms with Crippen LogP contribution < -0.4 is 5.32 Å². The zero-order valence-electron chi connectivity index (χ0n) is 14.0. The summed E-state index contributed by atoms with van der Waals surface area (Å²) in [4.78, 5) is 26.5. The Morgan fingerprint density at radius 3 is 2.38 bits per heavy atom. The summed E-state index contributed by atoms with van der Waals surface area (Å²) in [6, 6.07) is 14.6. The van der Waals surface area contributed by atoms with E-state index in [9.17, 15) is 9.59 Å². The first-order valence-electron chi connectivity index (χ1n) is 7.80. The number of halogens is 1. The van der Waals surface area contributed by atoms with Crippen LogP contribution in [-0.4, -0.2) is 22.8 Å². The van der Waals surface area contributed by atoms with Crippen molar-refractivity contribution in [1.29, 1.82) is 0 Å². The number of nitrogens with zero attached hydrogens (tertiary/aromatic N) is 1. The molecule has 1 N–H and O–H groups in total. The number of amides is 2. The molecule has 0 bridgehead atoms. The molecular formula is C19H21ClN2O2. The van der Waals surface area contributed by atoms with Crippen molar-refractivity contribution in [2.45, 2.75) is 33.4 Å². The van der Waals surface area contributed by atoms with Crippen molar-refractivity contribution in [3.8, 4) is 0 Å². The molecular weight excluding hydrogens is 324 g/mol. The van der Waals surface area contributed by atoms with Gasteiger partial charge in [0.05, 0.1) is 0 Å². The predicted octanol–water partition coefficient (Wildman–Crippen LogP) is 4.02. The zero-order chi connectivity index (χ0) is 17.7. The fraction of sp³-hybridized carbons (Fsp3) is 0.263. The van der Waals surface area contributed by atoms with E-state index < -0.39 is 11.8 Å². The predicted molar refractivity (Wildman–Crippen MR) is 96.9 cm³/mol. The van der Waals surface area contributed by atoms with Crippen molar-refractivity contribution in [3.63, 3.8) is 0 Å². The van der Waals surface area contributed by atoms with Gasteiger partial charge >= 0.3 is 11.8 Å². The second-order valence-electron chi connectivity index (χ2n) is 5.93. The molecule has 0 atom stereocenters. The maximum Gasteiger partial charge on any atom is 0.313 e. The van der Waals surface area contributed by atoms with Crippen molar-refractivity contribution in [2.75, 3.05) is 5.32 Å². The van der Waals surface area contributed by atoms with Gasteiger partial charge in [-0.15, -0.1) is 0 Å². The number of rotatable bonds is 4. The van der Waals surface area contributed by atoms with Crippen LogP contribution >= 0.6 is 11.6 Å². The van der Waals surface area contributed by atoms with Crippen LogP contribution in [0.1, 0.15) is 25.0 Å². The maximum absolute atomic E-state index is 12.6. The smallest absolute Gasteiger partial charge is 0.313 e. The molecule has 2 rings (SSSR count). The lowest BCUT2D eigenvalue weighted by molar-refractivity contribution is -0.144. The molecule has 4 nitrogen and oxygen atoms in total. The van der Waals surface area contributed by atoms with E-state index in [0.29, 0.717) is 17.3 Å². The number of anilines is 1. The molecule has 0 heterocycles. The molecule has 126 valence electrons. The molecule has 0 radical (unpaired) electrons. The summed E-state index contributed by atoms with van der Waals surface area (Å²) in [7, 11) is 0. The van der Waals surface area contributed by atoms with Crippen LogP contribution in [0.5, 0.6) is 0 Å². The van der Waals surface area contributed by atoms with Crippen LogP contribution in [-0.2, 0) is 16.1 Å². The number of carbonyl (C=O) groups is 2. The van der Waals surface area contributed by atoms with Gasteiger partial charge < -0.3 is 10.2 Å². The van der Waals surface area contributed by atoms with E-state index in [1.165, 1.54) is 0 Å². The van der Waals surface area contributed by atoms with Gasteiger partial charge in [0.15, 0.2) is 0 Å². The Morgan fingerprint density at radius 2 is 1.79 bits per heavy atom. The summed E-state index contributed by atoms with van der Waals surface area (Å²) >= 11 is 5.91. The van der Waals surface area contributed by atoms with E-state index in [1.54, 1.807) is 23.1 Å². The monoisotopic (exact) mass is 344 g/mol. The normalized spacial score (nSPS) is 10.5. The molecule has 24 heavy (non-hydrogen) atoms. The Kier molecular flexibility index (Phi) is 5.99. The molecule has 2 amide bonds. The van der Waals surface area contributed by atoms with Gasteiger partial charge in [-0.3, -0.25) is 9.59 Å². The number of aryl methyl sites for hydroxylation is 1. The minimum atomic E-state index is -0.648. The number of hydrogen-bond acceptors (Lipinski definition) is 2. The summed E-state index contributed by atoms with van der Waals surface area (Å²) in [6.07, 6.45) is 0. The third kappa shape index (κ3) is 4.59. The highest BCUT2D eigenvalue weighted by atomic mass is 35.5. The first kappa shape index (κ1) is 18.0. The molecule has 0 saturated carbocycles. The number of hydrogen-bond donors (Lipinski definition) is 1. The van der Waals surface area contributed by atoms with Gasteiger partial charge in [-0.2, -0.15) is 0 Å². The molecule has 0 unspecified atom stereocenters. The minimum Gasteiger partial charge on any atom is -0.328 e. The van der Waals surface area contributed by atoms with Crippen molar-refractivity contribution in [1.82, 2.24) is 4.90 Å². The third-order valence-corrected chi connectivity index (χ3v) is 3.95. The van der Waals surface area contributed by atoms with Crippen LogP contribution in [0.3, 0.4) is 0 Å². The lowest BCUT2D eigenvalue weighted by atomic mass is 10.1. The quantitative estimate of drug-likeness (QED) is 0.851. The van der Waals surface area contributed by atoms with Gasteiger partial charge in [0.1, 0.15) is 0 Å². The highest BCUT2D eigenvalue weighted by Crippen LogP contribution is 2.20. The van der Waals surface area contributed by atoms with E-state index in [1.807, 2.05) is 51.1 Å². The van der Waals surface area contributed by atoms with Crippen molar-refractivity contribution < 1.29 is 9.59 Å². The van der Waals surface area contributed by atoms with Crippen LogP contribution in [0, 0.1) is 6.92 Å². The molecule has 0 aliphatic rings. The average Bonchev–Trinajstić information content (AvgIpc) is 2.55. The lowest BCUT2D eigenvalue weighted by Gasteiger charge is -2.26. The number of nitrogens with one attached hydrogen (secondary N) is 1. The van der Waals surface area contributed by atoms with Gasteiger partial charge in [-0.05, 0) is 50.1 Å². The molecule has 0 aromatic heterocycles. The summed E-state index contributed by atoms with van der Waals surface area (Å²) < 4.78 is 0. The lowest BCUT2D eigenvalue weighted by Crippen LogP contribution is -2.43. The topological polar surface area (TPSA) is 49.4 Å². The molecule has 5 heteroatoms. The Morgan fingerprint density at radius 1 is 1.12 bits per heavy atom. The van der Waals surface area contributed by atoms with Gasteiger partial charge in [-0.25, -0.2) is 0 Å². The highest BCUT2D eigenvalue weighted by Gasteiger charge is 2.24. The second-order valence-corrected chi connectivity index (χ2v) is 6.36. The number of benzene rings is 2. The van der Waals surface area contributed by atoms with E-state index in [4.69, 9.17) is 11.6 Å². The Balaban J connectivity index is 2.12. The van der Waals surface area contributed by atoms with Crippen molar-refractivity contribution in [2.24, 2.45) is 0 Å². The summed E-state index contributed by atoms with van der Waals surface area (Å²) in [6.45, 7) is 6.00. The molecule has 0 saturated heterocycles. The van der Waals surface area contributed by atoms with Gasteiger partial charge in [0, 0.05) is 23.3 Å². The van der Waals surface area contributed by atoms with Crippen molar-refractivity contribution in [3.05, 3.63) is 64.7 Å². The van der Waals surface area contributed by atoms with Crippen LogP contribution in [0.4, 0.5) is 5.69 Å². The van der Waals surface area contributed by atoms with Crippen LogP contribution in [0.15, 0.2) is 48.5 Å². The van der Waals surface area contributed by atoms with E-state index in [0.717, 1.165) is 11.1 Å². The second kappa shape index (κ2) is 7.97. The van der Waals surface area contributed by atoms with E-state index >= 15 is 0 Å². The first-order valence-corrected chi connectivity index (χ1v) is 8.18. The van der Waals surface area contributed by atoms with Gasteiger partial charge in [0.2, 0.25) is 0 Å². The largest absolute Gasteiger partial charge is 0.328 e. The molecule has 0 aliphatic heterocycles. The molecule has 2 aromatic rings. The third-order valence-electron chi connectivity index (χ3n) is 3.71. The summed E-state index contributed by atoms with van der Waals surface area (Å²) in [5.74, 6) is -1.20. The molecule has 2 aromatic carbocycles. The summed E-state index contributed by atoms with van der Waals surface area (Å²) in [5, 5.41) is 3.26.